The summed E-state index contributed by atoms with van der Waals surface area (Å²) in [6.07, 6.45) is 0. The molecule has 0 radical (unpaired) electrons. The molecule has 0 unspecified atom stereocenters. The van der Waals surface area contributed by atoms with Gasteiger partial charge in [0.15, 0.2) is 0 Å². The van der Waals surface area contributed by atoms with Gasteiger partial charge in [0.05, 0.1) is 0 Å². The van der Waals surface area contributed by atoms with Crippen molar-refractivity contribution in [2.24, 2.45) is 0 Å². The van der Waals surface area contributed by atoms with Crippen molar-refractivity contribution in [3.63, 3.8) is 0 Å². The van der Waals surface area contributed by atoms with E-state index in [1.165, 1.54) is 0 Å². The Kier molecular flexibility index (Phi) is 2.43. The van der Waals surface area contributed by atoms with E-state index in [0.29, 0.717) is 0 Å². The first-order chi connectivity index (χ1) is 2.00. The molecule has 0 spiro atoms. The Bertz CT molecular complexity index is 22.4. The molecule has 0 bridgehead atoms. The average molecular weight is 174 g/mol. The van der Waals surface area contributed by atoms with E-state index in [-0.39, 0.29) is 0 Å². The predicted octanol–water partition coefficient (Wildman–Crippen LogP) is 1.86. The van der Waals surface area contributed by atoms with Crippen molar-refractivity contribution in [2.45, 2.75) is 2.69 Å². The molecule has 0 aliphatic rings. The van der Waals surface area contributed by atoms with E-state index in [9.17, 15) is 0 Å². The van der Waals surface area contributed by atoms with E-state index < -0.39 is 2.69 Å². The van der Waals surface area contributed by atoms with Gasteiger partial charge in [-0.05, 0) is 0 Å². The summed E-state index contributed by atoms with van der Waals surface area (Å²) in [6, 6.07) is 0. The van der Waals surface area contributed by atoms with Crippen molar-refractivity contribution in [1.29, 1.82) is 0 Å². The first kappa shape index (κ1) is 6.39. The van der Waals surface area contributed by atoms with Crippen LogP contribution in [0.4, 0.5) is 0 Å². The van der Waals surface area contributed by atoms with E-state index in [0.717, 1.165) is 0 Å². The zero-order valence-corrected chi connectivity index (χ0v) is 5.36. The van der Waals surface area contributed by atoms with Crippen molar-refractivity contribution >= 4 is 34.8 Å². The molecule has 0 amide bonds. The van der Waals surface area contributed by atoms with Crippen molar-refractivity contribution in [1.82, 2.24) is 0 Å². The second kappa shape index (κ2) is 1.90. The van der Waals surface area contributed by atoms with Crippen molar-refractivity contribution in [3.05, 3.63) is 0 Å². The van der Waals surface area contributed by atoms with E-state index in [4.69, 9.17) is 34.8 Å². The van der Waals surface area contributed by atoms with Crippen LogP contribution in [0.15, 0.2) is 0 Å². The number of hydrogen-bond donors (Lipinski definition) is 0. The van der Waals surface area contributed by atoms with Crippen LogP contribution in [-0.2, 0) is 16.0 Å². The zero-order valence-electron chi connectivity index (χ0n) is 1.99. The molecule has 0 rings (SSSR count). The number of hydrogen-bond acceptors (Lipinski definition) is 0. The fourth-order valence-electron chi connectivity index (χ4n) is 0. The fourth-order valence-corrected chi connectivity index (χ4v) is 0. The summed E-state index contributed by atoms with van der Waals surface area (Å²) in [5.74, 6) is 0. The summed E-state index contributed by atoms with van der Waals surface area (Å²) in [6.45, 7) is 0. The number of rotatable bonds is 0. The third-order valence-corrected chi connectivity index (χ3v) is 0. The fraction of sp³-hybridized carbons (Fsp3) is 1.00. The minimum absolute atomic E-state index is 1.33. The van der Waals surface area contributed by atoms with Gasteiger partial charge < -0.3 is 0 Å². The summed E-state index contributed by atoms with van der Waals surface area (Å²) >= 11 is 17.9. The van der Waals surface area contributed by atoms with E-state index in [1.807, 2.05) is 0 Å². The molecule has 0 aliphatic carbocycles. The molecule has 0 aromatic heterocycles. The first-order valence-electron chi connectivity index (χ1n) is 0.744. The van der Waals surface area contributed by atoms with Gasteiger partial charge in [-0.1, -0.05) is 0 Å². The van der Waals surface area contributed by atoms with Gasteiger partial charge in [0.25, 0.3) is 0 Å². The summed E-state index contributed by atoms with van der Waals surface area (Å²) in [4.78, 5) is 0. The summed E-state index contributed by atoms with van der Waals surface area (Å²) < 4.78 is -1.33. The molecule has 0 heterocycles. The SMILES string of the molecule is Cl[C](Cl)(Cl)[Fe]. The average Bonchev–Trinajstić information content (AvgIpc) is 0.722. The molecule has 0 atom stereocenters. The van der Waals surface area contributed by atoms with Gasteiger partial charge in [0.2, 0.25) is 0 Å². The van der Waals surface area contributed by atoms with Gasteiger partial charge in [-0.25, -0.2) is 0 Å². The van der Waals surface area contributed by atoms with Crippen LogP contribution in [0.25, 0.3) is 0 Å². The molecule has 33 valence electrons. The minimum atomic E-state index is -1.33. The first-order valence-corrected chi connectivity index (χ1v) is 2.43. The van der Waals surface area contributed by atoms with Crippen LogP contribution in [0.2, 0.25) is 0 Å². The van der Waals surface area contributed by atoms with Gasteiger partial charge in [-0.15, -0.1) is 0 Å². The molecular weight excluding hydrogens is 174 g/mol. The topological polar surface area (TPSA) is 0 Å². The van der Waals surface area contributed by atoms with Crippen molar-refractivity contribution in [2.75, 3.05) is 0 Å². The molecule has 0 saturated heterocycles. The van der Waals surface area contributed by atoms with Gasteiger partial charge in [-0.3, -0.25) is 0 Å². The van der Waals surface area contributed by atoms with Gasteiger partial charge in [-0.2, -0.15) is 0 Å². The Morgan fingerprint density at radius 2 is 1.20 bits per heavy atom. The molecule has 5 heavy (non-hydrogen) atoms. The van der Waals surface area contributed by atoms with Gasteiger partial charge in [0.1, 0.15) is 0 Å². The van der Waals surface area contributed by atoms with Crippen LogP contribution >= 0.6 is 34.8 Å². The molecule has 0 aliphatic heterocycles. The monoisotopic (exact) mass is 173 g/mol. The maximum absolute atomic E-state index is 4.95. The van der Waals surface area contributed by atoms with Crippen molar-refractivity contribution < 1.29 is 16.0 Å². The van der Waals surface area contributed by atoms with Gasteiger partial charge in [0, 0.05) is 0 Å². The predicted molar refractivity (Wildman–Crippen MR) is 20.3 cm³/mol. The molecule has 4 heteroatoms. The second-order valence-electron chi connectivity index (χ2n) is 0.415. The molecule has 0 fully saturated rings. The molecule has 0 N–H and O–H groups in total. The Hall–Kier alpha value is 1.39. The summed E-state index contributed by atoms with van der Waals surface area (Å²) in [7, 11) is 0. The Labute approximate surface area is 53.6 Å². The van der Waals surface area contributed by atoms with Crippen molar-refractivity contribution in [3.8, 4) is 0 Å². The molecule has 0 aromatic rings. The standard InChI is InChI=1S/CCl3.Fe/c2-1(3)4;. The second-order valence-corrected chi connectivity index (χ2v) is 4.41. The zero-order chi connectivity index (χ0) is 4.50. The molecule has 0 saturated carbocycles. The quantitative estimate of drug-likeness (QED) is 0.388. The van der Waals surface area contributed by atoms with Gasteiger partial charge >= 0.3 is 53.5 Å². The van der Waals surface area contributed by atoms with Crippen LogP contribution in [-0.4, -0.2) is 2.69 Å². The maximum atomic E-state index is 4.95. The van der Waals surface area contributed by atoms with Crippen LogP contribution in [0.1, 0.15) is 0 Å². The number of halogens is 3. The third kappa shape index (κ3) is 32.1. The van der Waals surface area contributed by atoms with E-state index in [1.54, 1.807) is 0 Å². The molecule has 0 aromatic carbocycles. The van der Waals surface area contributed by atoms with Crippen LogP contribution in [0.3, 0.4) is 0 Å². The van der Waals surface area contributed by atoms with Crippen LogP contribution in [0, 0.1) is 0 Å². The van der Waals surface area contributed by atoms with Crippen LogP contribution < -0.4 is 0 Å². The Balaban J connectivity index is 3.02. The van der Waals surface area contributed by atoms with E-state index >= 15 is 0 Å². The Morgan fingerprint density at radius 1 is 1.20 bits per heavy atom. The van der Waals surface area contributed by atoms with E-state index in [2.05, 4.69) is 16.0 Å². The third-order valence-electron chi connectivity index (χ3n) is 0. The van der Waals surface area contributed by atoms with Crippen LogP contribution in [0.5, 0.6) is 0 Å². The molecule has 0 nitrogen and oxygen atoms in total. The summed E-state index contributed by atoms with van der Waals surface area (Å²) in [5, 5.41) is 0. The Morgan fingerprint density at radius 3 is 1.20 bits per heavy atom. The molecular formula is CCl3Fe. The summed E-state index contributed by atoms with van der Waals surface area (Å²) in [5.41, 5.74) is 0. The normalized spacial score (nSPS) is 12.0. The number of alkyl halides is 3.